The van der Waals surface area contributed by atoms with Gasteiger partial charge < -0.3 is 15.1 Å². The molecule has 0 saturated carbocycles. The minimum atomic E-state index is -0.0154. The Hall–Kier alpha value is -2.56. The van der Waals surface area contributed by atoms with E-state index in [9.17, 15) is 4.79 Å². The number of carbonyl (C=O) groups excluding carboxylic acids is 1. The van der Waals surface area contributed by atoms with Gasteiger partial charge in [0.25, 0.3) is 0 Å². The molecule has 1 aromatic heterocycles. The molecule has 1 fully saturated rings. The van der Waals surface area contributed by atoms with E-state index in [0.29, 0.717) is 6.54 Å². The molecule has 2 aromatic rings. The molecule has 0 radical (unpaired) electrons. The van der Waals surface area contributed by atoms with Gasteiger partial charge in [-0.2, -0.15) is 0 Å². The molecule has 1 N–H and O–H groups in total. The van der Waals surface area contributed by atoms with Crippen LogP contribution in [0, 0.1) is 0 Å². The highest BCUT2D eigenvalue weighted by atomic mass is 16.2. The molecule has 5 nitrogen and oxygen atoms in total. The highest BCUT2D eigenvalue weighted by molar-refractivity contribution is 5.74. The number of nitrogens with zero attached hydrogens (tertiary/aromatic N) is 3. The van der Waals surface area contributed by atoms with Crippen LogP contribution >= 0.6 is 0 Å². The molecule has 0 atom stereocenters. The van der Waals surface area contributed by atoms with Crippen molar-refractivity contribution >= 4 is 11.7 Å². The van der Waals surface area contributed by atoms with Gasteiger partial charge in [-0.15, -0.1) is 0 Å². The highest BCUT2D eigenvalue weighted by Gasteiger charge is 2.20. The second-order valence-corrected chi connectivity index (χ2v) is 5.29. The number of hydrogen-bond donors (Lipinski definition) is 1. The molecule has 3 rings (SSSR count). The molecule has 1 saturated heterocycles. The average molecular weight is 296 g/mol. The number of aromatic nitrogens is 1. The maximum atomic E-state index is 12.2. The normalized spacial score (nSPS) is 14.7. The smallest absolute Gasteiger partial charge is 0.317 e. The van der Waals surface area contributed by atoms with E-state index in [0.717, 1.165) is 31.9 Å². The Labute approximate surface area is 130 Å². The number of pyridine rings is 1. The molecular weight excluding hydrogens is 276 g/mol. The SMILES string of the molecule is O=C(NCc1ccccn1)N1CCN(c2ccccc2)CC1. The minimum absolute atomic E-state index is 0.0154. The molecule has 5 heteroatoms. The molecule has 1 aliphatic heterocycles. The van der Waals surface area contributed by atoms with Crippen LogP contribution in [0.25, 0.3) is 0 Å². The Morgan fingerprint density at radius 2 is 1.73 bits per heavy atom. The molecular formula is C17H20N4O. The number of nitrogens with one attached hydrogen (secondary N) is 1. The number of amides is 2. The summed E-state index contributed by atoms with van der Waals surface area (Å²) in [5.41, 5.74) is 2.09. The first-order chi connectivity index (χ1) is 10.8. The van der Waals surface area contributed by atoms with Gasteiger partial charge in [-0.1, -0.05) is 24.3 Å². The van der Waals surface area contributed by atoms with E-state index in [1.54, 1.807) is 6.20 Å². The third-order valence-corrected chi connectivity index (χ3v) is 3.84. The van der Waals surface area contributed by atoms with Gasteiger partial charge in [0.05, 0.1) is 12.2 Å². The Kier molecular flexibility index (Phi) is 4.53. The van der Waals surface area contributed by atoms with Crippen molar-refractivity contribution in [1.29, 1.82) is 0 Å². The molecule has 114 valence electrons. The molecule has 2 amide bonds. The quantitative estimate of drug-likeness (QED) is 0.944. The fraction of sp³-hybridized carbons (Fsp3) is 0.294. The van der Waals surface area contributed by atoms with Crippen molar-refractivity contribution in [3.8, 4) is 0 Å². The van der Waals surface area contributed by atoms with Gasteiger partial charge in [0.2, 0.25) is 0 Å². The van der Waals surface area contributed by atoms with Crippen molar-refractivity contribution in [3.05, 3.63) is 60.4 Å². The van der Waals surface area contributed by atoms with Gasteiger partial charge in [0.15, 0.2) is 0 Å². The Morgan fingerprint density at radius 3 is 2.41 bits per heavy atom. The van der Waals surface area contributed by atoms with E-state index in [2.05, 4.69) is 27.3 Å². The summed E-state index contributed by atoms with van der Waals surface area (Å²) in [7, 11) is 0. The van der Waals surface area contributed by atoms with Gasteiger partial charge in [-0.3, -0.25) is 4.98 Å². The first kappa shape index (κ1) is 14.4. The second kappa shape index (κ2) is 6.93. The number of hydrogen-bond acceptors (Lipinski definition) is 3. The topological polar surface area (TPSA) is 48.5 Å². The van der Waals surface area contributed by atoms with Gasteiger partial charge in [-0.25, -0.2) is 4.79 Å². The summed E-state index contributed by atoms with van der Waals surface area (Å²) in [5.74, 6) is 0. The molecule has 0 spiro atoms. The van der Waals surface area contributed by atoms with Crippen molar-refractivity contribution in [2.45, 2.75) is 6.54 Å². The van der Waals surface area contributed by atoms with Crippen LogP contribution in [0.2, 0.25) is 0 Å². The van der Waals surface area contributed by atoms with Crippen molar-refractivity contribution in [2.75, 3.05) is 31.1 Å². The Balaban J connectivity index is 1.48. The van der Waals surface area contributed by atoms with Gasteiger partial charge in [-0.05, 0) is 24.3 Å². The Morgan fingerprint density at radius 1 is 1.00 bits per heavy atom. The van der Waals surface area contributed by atoms with E-state index in [-0.39, 0.29) is 6.03 Å². The molecule has 1 aliphatic rings. The number of benzene rings is 1. The fourth-order valence-corrected chi connectivity index (χ4v) is 2.59. The summed E-state index contributed by atoms with van der Waals surface area (Å²) in [5, 5.41) is 2.93. The first-order valence-electron chi connectivity index (χ1n) is 7.55. The van der Waals surface area contributed by atoms with Crippen LogP contribution in [0.3, 0.4) is 0 Å². The third-order valence-electron chi connectivity index (χ3n) is 3.84. The first-order valence-corrected chi connectivity index (χ1v) is 7.55. The van der Waals surface area contributed by atoms with E-state index in [1.165, 1.54) is 5.69 Å². The standard InChI is InChI=1S/C17H20N4O/c22-17(19-14-15-6-4-5-9-18-15)21-12-10-20(11-13-21)16-7-2-1-3-8-16/h1-9H,10-14H2,(H,19,22). The zero-order valence-corrected chi connectivity index (χ0v) is 12.5. The number of urea groups is 1. The molecule has 2 heterocycles. The van der Waals surface area contributed by atoms with Crippen molar-refractivity contribution in [2.24, 2.45) is 0 Å². The van der Waals surface area contributed by atoms with Crippen LogP contribution in [0.1, 0.15) is 5.69 Å². The van der Waals surface area contributed by atoms with E-state index in [1.807, 2.05) is 41.3 Å². The molecule has 0 unspecified atom stereocenters. The predicted molar refractivity (Wildman–Crippen MR) is 86.7 cm³/mol. The molecule has 22 heavy (non-hydrogen) atoms. The van der Waals surface area contributed by atoms with Gasteiger partial charge >= 0.3 is 6.03 Å². The predicted octanol–water partition coefficient (Wildman–Crippen LogP) is 2.11. The number of rotatable bonds is 3. The van der Waals surface area contributed by atoms with Gasteiger partial charge in [0.1, 0.15) is 0 Å². The lowest BCUT2D eigenvalue weighted by molar-refractivity contribution is 0.194. The third kappa shape index (κ3) is 3.55. The molecule has 0 bridgehead atoms. The van der Waals surface area contributed by atoms with Crippen molar-refractivity contribution in [3.63, 3.8) is 0 Å². The maximum absolute atomic E-state index is 12.2. The minimum Gasteiger partial charge on any atom is -0.368 e. The monoisotopic (exact) mass is 296 g/mol. The summed E-state index contributed by atoms with van der Waals surface area (Å²) >= 11 is 0. The lowest BCUT2D eigenvalue weighted by Crippen LogP contribution is -2.51. The largest absolute Gasteiger partial charge is 0.368 e. The summed E-state index contributed by atoms with van der Waals surface area (Å²) in [6, 6.07) is 16.0. The summed E-state index contributed by atoms with van der Waals surface area (Å²) in [6.07, 6.45) is 1.74. The number of piperazine rings is 1. The maximum Gasteiger partial charge on any atom is 0.317 e. The number of anilines is 1. The van der Waals surface area contributed by atoms with Crippen LogP contribution in [0.15, 0.2) is 54.7 Å². The van der Waals surface area contributed by atoms with Crippen LogP contribution in [0.4, 0.5) is 10.5 Å². The average Bonchev–Trinajstić information content (AvgIpc) is 2.61. The summed E-state index contributed by atoms with van der Waals surface area (Å²) in [6.45, 7) is 3.67. The summed E-state index contributed by atoms with van der Waals surface area (Å²) < 4.78 is 0. The van der Waals surface area contributed by atoms with E-state index >= 15 is 0 Å². The van der Waals surface area contributed by atoms with Crippen molar-refractivity contribution < 1.29 is 4.79 Å². The number of carbonyl (C=O) groups is 1. The molecule has 0 aliphatic carbocycles. The number of para-hydroxylation sites is 1. The highest BCUT2D eigenvalue weighted by Crippen LogP contribution is 2.15. The van der Waals surface area contributed by atoms with Crippen LogP contribution in [-0.4, -0.2) is 42.1 Å². The van der Waals surface area contributed by atoms with Crippen LogP contribution in [0.5, 0.6) is 0 Å². The second-order valence-electron chi connectivity index (χ2n) is 5.29. The van der Waals surface area contributed by atoms with Crippen LogP contribution in [-0.2, 0) is 6.54 Å². The zero-order valence-electron chi connectivity index (χ0n) is 12.5. The Bertz CT molecular complexity index is 595. The fourth-order valence-electron chi connectivity index (χ4n) is 2.59. The van der Waals surface area contributed by atoms with Crippen molar-refractivity contribution in [1.82, 2.24) is 15.2 Å². The summed E-state index contributed by atoms with van der Waals surface area (Å²) in [4.78, 5) is 20.6. The lowest BCUT2D eigenvalue weighted by atomic mass is 10.2. The lowest BCUT2D eigenvalue weighted by Gasteiger charge is -2.36. The van der Waals surface area contributed by atoms with E-state index in [4.69, 9.17) is 0 Å². The van der Waals surface area contributed by atoms with Crippen LogP contribution < -0.4 is 10.2 Å². The molecule has 1 aromatic carbocycles. The zero-order chi connectivity index (χ0) is 15.2. The van der Waals surface area contributed by atoms with Gasteiger partial charge in [0, 0.05) is 38.1 Å². The van der Waals surface area contributed by atoms with E-state index < -0.39 is 0 Å².